The summed E-state index contributed by atoms with van der Waals surface area (Å²) in [6.45, 7) is 0. The monoisotopic (exact) mass is 374 g/mol. The number of rotatable bonds is 7. The lowest BCUT2D eigenvalue weighted by molar-refractivity contribution is 0.509. The van der Waals surface area contributed by atoms with Gasteiger partial charge in [0, 0.05) is 34.7 Å². The Kier molecular flexibility index (Phi) is 4.61. The third kappa shape index (κ3) is 3.62. The molecule has 4 rings (SSSR count). The van der Waals surface area contributed by atoms with Gasteiger partial charge in [-0.05, 0) is 61.4 Å². The second-order valence-electron chi connectivity index (χ2n) is 6.97. The Labute approximate surface area is 162 Å². The number of fused-ring (bicyclic) bond motifs is 2. The highest BCUT2D eigenvalue weighted by Crippen LogP contribution is 2.24. The minimum atomic E-state index is 0.0610. The van der Waals surface area contributed by atoms with E-state index in [1.807, 2.05) is 36.4 Å². The fourth-order valence-electron chi connectivity index (χ4n) is 3.38. The minimum absolute atomic E-state index is 0.0610. The molecular formula is C22H22N4O2. The lowest BCUT2D eigenvalue weighted by atomic mass is 10.1. The molecule has 2 aromatic heterocycles. The Morgan fingerprint density at radius 3 is 1.50 bits per heavy atom. The first-order valence-electron chi connectivity index (χ1n) is 9.23. The molecule has 0 aliphatic heterocycles. The van der Waals surface area contributed by atoms with Crippen molar-refractivity contribution < 1.29 is 8.83 Å². The highest BCUT2D eigenvalue weighted by molar-refractivity contribution is 5.99. The number of nitrogens with one attached hydrogen (secondary N) is 2. The Bertz CT molecular complexity index is 1090. The van der Waals surface area contributed by atoms with Gasteiger partial charge in [0.1, 0.15) is 34.4 Å². The molecule has 2 aromatic carbocycles. The van der Waals surface area contributed by atoms with E-state index in [-0.39, 0.29) is 11.7 Å². The van der Waals surface area contributed by atoms with Gasteiger partial charge in [-0.15, -0.1) is 0 Å². The van der Waals surface area contributed by atoms with Crippen molar-refractivity contribution in [1.29, 1.82) is 10.8 Å². The second kappa shape index (κ2) is 7.23. The maximum atomic E-state index is 7.53. The van der Waals surface area contributed by atoms with Crippen LogP contribution in [0.15, 0.2) is 57.4 Å². The molecule has 0 aliphatic rings. The van der Waals surface area contributed by atoms with Gasteiger partial charge < -0.3 is 20.3 Å². The lowest BCUT2D eigenvalue weighted by Crippen LogP contribution is -2.10. The van der Waals surface area contributed by atoms with Crippen molar-refractivity contribution in [3.8, 4) is 0 Å². The number of hydrogen-bond acceptors (Lipinski definition) is 4. The number of nitrogen functional groups attached to an aromatic ring is 2. The summed E-state index contributed by atoms with van der Waals surface area (Å²) in [4.78, 5) is 0. The predicted octanol–water partition coefficient (Wildman–Crippen LogP) is 4.31. The zero-order chi connectivity index (χ0) is 19.7. The molecule has 2 heterocycles. The average Bonchev–Trinajstić information content (AvgIpc) is 3.26. The van der Waals surface area contributed by atoms with Crippen molar-refractivity contribution in [2.45, 2.75) is 25.7 Å². The summed E-state index contributed by atoms with van der Waals surface area (Å²) in [6.07, 6.45) is 3.65. The summed E-state index contributed by atoms with van der Waals surface area (Å²) in [6, 6.07) is 15.1. The van der Waals surface area contributed by atoms with Gasteiger partial charge in [0.25, 0.3) is 0 Å². The number of amidine groups is 2. The smallest absolute Gasteiger partial charge is 0.134 e. The maximum Gasteiger partial charge on any atom is 0.134 e. The number of benzene rings is 2. The first kappa shape index (κ1) is 17.9. The van der Waals surface area contributed by atoms with E-state index in [2.05, 4.69) is 0 Å². The number of furan rings is 2. The van der Waals surface area contributed by atoms with Gasteiger partial charge in [-0.25, -0.2) is 0 Å². The third-order valence-electron chi connectivity index (χ3n) is 4.85. The van der Waals surface area contributed by atoms with Gasteiger partial charge >= 0.3 is 0 Å². The predicted molar refractivity (Wildman–Crippen MR) is 111 cm³/mol. The molecule has 0 bridgehead atoms. The number of unbranched alkanes of at least 4 members (excludes halogenated alkanes) is 1. The van der Waals surface area contributed by atoms with Crippen molar-refractivity contribution in [3.63, 3.8) is 0 Å². The van der Waals surface area contributed by atoms with Crippen molar-refractivity contribution in [2.24, 2.45) is 11.5 Å². The molecule has 0 radical (unpaired) electrons. The minimum Gasteiger partial charge on any atom is -0.461 e. The van der Waals surface area contributed by atoms with Crippen molar-refractivity contribution in [3.05, 3.63) is 71.2 Å². The van der Waals surface area contributed by atoms with E-state index in [0.29, 0.717) is 11.1 Å². The van der Waals surface area contributed by atoms with Crippen LogP contribution in [0.5, 0.6) is 0 Å². The molecule has 0 saturated carbocycles. The molecule has 6 heteroatoms. The molecule has 0 fully saturated rings. The summed E-state index contributed by atoms with van der Waals surface area (Å²) in [5.41, 5.74) is 14.1. The van der Waals surface area contributed by atoms with Crippen LogP contribution in [0.25, 0.3) is 21.9 Å². The van der Waals surface area contributed by atoms with E-state index >= 15 is 0 Å². The average molecular weight is 374 g/mol. The molecule has 6 nitrogen and oxygen atoms in total. The summed E-state index contributed by atoms with van der Waals surface area (Å²) in [5, 5.41) is 17.0. The van der Waals surface area contributed by atoms with Crippen LogP contribution in [0, 0.1) is 10.8 Å². The topological polar surface area (TPSA) is 126 Å². The molecule has 4 aromatic rings. The zero-order valence-electron chi connectivity index (χ0n) is 15.4. The molecule has 28 heavy (non-hydrogen) atoms. The summed E-state index contributed by atoms with van der Waals surface area (Å²) in [7, 11) is 0. The van der Waals surface area contributed by atoms with Crippen molar-refractivity contribution in [2.75, 3.05) is 0 Å². The molecule has 0 spiro atoms. The third-order valence-corrected chi connectivity index (χ3v) is 4.85. The molecule has 6 N–H and O–H groups in total. The highest BCUT2D eigenvalue weighted by atomic mass is 16.3. The first-order chi connectivity index (χ1) is 13.5. The first-order valence-corrected chi connectivity index (χ1v) is 9.23. The van der Waals surface area contributed by atoms with Gasteiger partial charge in [0.2, 0.25) is 0 Å². The Balaban J connectivity index is 1.36. The number of aryl methyl sites for hydroxylation is 2. The van der Waals surface area contributed by atoms with Gasteiger partial charge in [-0.1, -0.05) is 0 Å². The van der Waals surface area contributed by atoms with Gasteiger partial charge in [-0.2, -0.15) is 0 Å². The van der Waals surface area contributed by atoms with Crippen LogP contribution in [0.1, 0.15) is 35.5 Å². The van der Waals surface area contributed by atoms with Crippen LogP contribution in [-0.2, 0) is 12.8 Å². The fourth-order valence-corrected chi connectivity index (χ4v) is 3.38. The van der Waals surface area contributed by atoms with E-state index in [1.165, 1.54) is 0 Å². The van der Waals surface area contributed by atoms with Gasteiger partial charge in [-0.3, -0.25) is 10.8 Å². The van der Waals surface area contributed by atoms with E-state index < -0.39 is 0 Å². The maximum absolute atomic E-state index is 7.53. The van der Waals surface area contributed by atoms with E-state index in [1.54, 1.807) is 12.1 Å². The molecule has 0 unspecified atom stereocenters. The van der Waals surface area contributed by atoms with E-state index in [4.69, 9.17) is 31.1 Å². The van der Waals surface area contributed by atoms with Crippen LogP contribution in [-0.4, -0.2) is 11.7 Å². The van der Waals surface area contributed by atoms with E-state index in [0.717, 1.165) is 59.1 Å². The SMILES string of the molecule is N=C(N)c1ccc2oc(CCCCc3cc4cc(C(=N)N)ccc4o3)cc2c1. The van der Waals surface area contributed by atoms with Crippen molar-refractivity contribution in [1.82, 2.24) is 0 Å². The number of hydrogen-bond donors (Lipinski definition) is 4. The molecule has 142 valence electrons. The lowest BCUT2D eigenvalue weighted by Gasteiger charge is -1.97. The van der Waals surface area contributed by atoms with Gasteiger partial charge in [0.05, 0.1) is 0 Å². The Morgan fingerprint density at radius 1 is 0.679 bits per heavy atom. The zero-order valence-corrected chi connectivity index (χ0v) is 15.4. The van der Waals surface area contributed by atoms with Crippen LogP contribution in [0.4, 0.5) is 0 Å². The van der Waals surface area contributed by atoms with Crippen LogP contribution < -0.4 is 11.5 Å². The largest absolute Gasteiger partial charge is 0.461 e. The standard InChI is InChI=1S/C22H22N4O2/c23-21(24)13-5-7-19-15(9-13)11-17(27-19)3-1-2-4-18-12-16-10-14(22(25)26)6-8-20(16)28-18/h5-12H,1-4H2,(H3,23,24)(H3,25,26). The normalized spacial score (nSPS) is 11.3. The highest BCUT2D eigenvalue weighted by Gasteiger charge is 2.08. The van der Waals surface area contributed by atoms with Crippen LogP contribution in [0.2, 0.25) is 0 Å². The fraction of sp³-hybridized carbons (Fsp3) is 0.182. The van der Waals surface area contributed by atoms with E-state index in [9.17, 15) is 0 Å². The molecule has 0 amide bonds. The Hall–Kier alpha value is -3.54. The quantitative estimate of drug-likeness (QED) is 0.218. The molecule has 0 saturated heterocycles. The van der Waals surface area contributed by atoms with Crippen molar-refractivity contribution >= 4 is 33.6 Å². The Morgan fingerprint density at radius 2 is 1.11 bits per heavy atom. The molecular weight excluding hydrogens is 352 g/mol. The van der Waals surface area contributed by atoms with Gasteiger partial charge in [0.15, 0.2) is 0 Å². The molecule has 0 atom stereocenters. The summed E-state index contributed by atoms with van der Waals surface area (Å²) < 4.78 is 11.7. The second-order valence-corrected chi connectivity index (χ2v) is 6.97. The summed E-state index contributed by atoms with van der Waals surface area (Å²) in [5.74, 6) is 2.00. The molecule has 0 aliphatic carbocycles. The number of nitrogens with two attached hydrogens (primary N) is 2. The van der Waals surface area contributed by atoms with Crippen LogP contribution >= 0.6 is 0 Å². The summed E-state index contributed by atoms with van der Waals surface area (Å²) >= 11 is 0. The van der Waals surface area contributed by atoms with Crippen LogP contribution in [0.3, 0.4) is 0 Å².